The molecule has 7 heteroatoms. The maximum atomic E-state index is 9.92. The number of hydrogen-bond donors (Lipinski definition) is 2. The zero-order valence-electron chi connectivity index (χ0n) is 17.5. The Kier molecular flexibility index (Phi) is 6.82. The van der Waals surface area contributed by atoms with Crippen LogP contribution in [0.1, 0.15) is 37.3 Å². The van der Waals surface area contributed by atoms with Crippen LogP contribution in [0, 0.1) is 12.8 Å². The number of H-pyrrole nitrogens is 1. The van der Waals surface area contributed by atoms with Crippen LogP contribution in [0.3, 0.4) is 0 Å². The van der Waals surface area contributed by atoms with E-state index in [4.69, 9.17) is 9.72 Å². The van der Waals surface area contributed by atoms with Gasteiger partial charge < -0.3 is 15.0 Å². The smallest absolute Gasteiger partial charge is 0.211 e. The molecule has 7 nitrogen and oxygen atoms in total. The summed E-state index contributed by atoms with van der Waals surface area (Å²) < 4.78 is 5.26. The van der Waals surface area contributed by atoms with E-state index in [-0.39, 0.29) is 0 Å². The van der Waals surface area contributed by atoms with Crippen LogP contribution in [-0.2, 0) is 4.79 Å². The standard InChI is InChI=1S/C15H21N3O.C7H8N2O/c1-10-6-7-18(2)14(8-10)15-16-12-5-4-11(19-3)9-13(12)17-15;1-6-2-3-7(4-8-6)9-5-10/h4-5,9-10,14H,6-8H2,1-3H3,(H,16,17);2-5H,1H3,(H,9,10)/t10?,14-;/m1./s1. The van der Waals surface area contributed by atoms with Crippen LogP contribution < -0.4 is 10.1 Å². The number of aryl methyl sites for hydroxylation is 1. The Morgan fingerprint density at radius 1 is 1.31 bits per heavy atom. The van der Waals surface area contributed by atoms with Crippen LogP contribution in [0.15, 0.2) is 36.5 Å². The first-order chi connectivity index (χ1) is 14.0. The number of fused-ring (bicyclic) bond motifs is 1. The molecule has 0 aliphatic carbocycles. The molecule has 3 aromatic rings. The number of pyridine rings is 1. The predicted molar refractivity (Wildman–Crippen MR) is 115 cm³/mol. The van der Waals surface area contributed by atoms with Crippen molar-refractivity contribution in [3.63, 3.8) is 0 Å². The second-order valence-corrected chi connectivity index (χ2v) is 7.58. The van der Waals surface area contributed by atoms with Crippen molar-refractivity contribution in [3.8, 4) is 5.75 Å². The molecule has 1 amide bonds. The molecule has 2 atom stereocenters. The highest BCUT2D eigenvalue weighted by molar-refractivity contribution is 5.76. The maximum absolute atomic E-state index is 9.92. The van der Waals surface area contributed by atoms with E-state index in [2.05, 4.69) is 34.2 Å². The molecule has 0 bridgehead atoms. The molecule has 0 spiro atoms. The van der Waals surface area contributed by atoms with Crippen molar-refractivity contribution in [1.29, 1.82) is 0 Å². The van der Waals surface area contributed by atoms with Crippen LogP contribution in [0.4, 0.5) is 5.69 Å². The van der Waals surface area contributed by atoms with E-state index in [9.17, 15) is 4.79 Å². The van der Waals surface area contributed by atoms with Crippen molar-refractivity contribution in [2.45, 2.75) is 32.7 Å². The van der Waals surface area contributed by atoms with E-state index < -0.39 is 0 Å². The number of anilines is 1. The number of amides is 1. The van der Waals surface area contributed by atoms with Gasteiger partial charge in [-0.15, -0.1) is 0 Å². The van der Waals surface area contributed by atoms with Gasteiger partial charge in [-0.1, -0.05) is 6.92 Å². The molecular formula is C22H29N5O2. The summed E-state index contributed by atoms with van der Waals surface area (Å²) in [6, 6.07) is 10.0. The Morgan fingerprint density at radius 3 is 2.83 bits per heavy atom. The molecule has 1 saturated heterocycles. The number of hydrogen-bond acceptors (Lipinski definition) is 5. The number of piperidine rings is 1. The number of ether oxygens (including phenoxy) is 1. The fraction of sp³-hybridized carbons (Fsp3) is 0.409. The van der Waals surface area contributed by atoms with Gasteiger partial charge in [0.25, 0.3) is 0 Å². The zero-order valence-corrected chi connectivity index (χ0v) is 17.5. The third-order valence-corrected chi connectivity index (χ3v) is 5.29. The van der Waals surface area contributed by atoms with Gasteiger partial charge in [0, 0.05) is 11.8 Å². The van der Waals surface area contributed by atoms with E-state index in [0.717, 1.165) is 46.5 Å². The number of nitrogens with zero attached hydrogens (tertiary/aromatic N) is 3. The van der Waals surface area contributed by atoms with E-state index >= 15 is 0 Å². The average molecular weight is 396 g/mol. The SMILES string of the molecule is COc1ccc2nc([C@H]3CC(C)CCN3C)[nH]c2c1.Cc1ccc(NC=O)cn1. The number of methoxy groups -OCH3 is 1. The van der Waals surface area contributed by atoms with E-state index in [1.54, 1.807) is 19.4 Å². The minimum Gasteiger partial charge on any atom is -0.497 e. The Bertz CT molecular complexity index is 938. The first-order valence-corrected chi connectivity index (χ1v) is 9.87. The molecule has 3 heterocycles. The predicted octanol–water partition coefficient (Wildman–Crippen LogP) is 3.93. The first kappa shape index (κ1) is 20.8. The lowest BCUT2D eigenvalue weighted by Gasteiger charge is -2.34. The van der Waals surface area contributed by atoms with E-state index in [1.807, 2.05) is 31.2 Å². The van der Waals surface area contributed by atoms with Crippen LogP contribution in [0.5, 0.6) is 5.75 Å². The topological polar surface area (TPSA) is 83.1 Å². The lowest BCUT2D eigenvalue weighted by atomic mass is 9.92. The second-order valence-electron chi connectivity index (χ2n) is 7.58. The quantitative estimate of drug-likeness (QED) is 0.654. The van der Waals surface area contributed by atoms with Crippen LogP contribution in [0.2, 0.25) is 0 Å². The summed E-state index contributed by atoms with van der Waals surface area (Å²) >= 11 is 0. The highest BCUT2D eigenvalue weighted by Crippen LogP contribution is 2.32. The van der Waals surface area contributed by atoms with Gasteiger partial charge in [-0.3, -0.25) is 14.7 Å². The van der Waals surface area contributed by atoms with Crippen molar-refractivity contribution in [1.82, 2.24) is 19.9 Å². The largest absolute Gasteiger partial charge is 0.497 e. The van der Waals surface area contributed by atoms with Crippen molar-refractivity contribution < 1.29 is 9.53 Å². The third kappa shape index (κ3) is 5.32. The number of likely N-dealkylation sites (tertiary alicyclic amines) is 1. The molecule has 1 unspecified atom stereocenters. The van der Waals surface area contributed by atoms with Crippen LogP contribution in [0.25, 0.3) is 11.0 Å². The minimum absolute atomic E-state index is 0.405. The van der Waals surface area contributed by atoms with Gasteiger partial charge in [0.1, 0.15) is 11.6 Å². The fourth-order valence-electron chi connectivity index (χ4n) is 3.49. The number of rotatable bonds is 4. The second kappa shape index (κ2) is 9.52. The van der Waals surface area contributed by atoms with Crippen molar-refractivity contribution >= 4 is 23.1 Å². The summed E-state index contributed by atoms with van der Waals surface area (Å²) in [7, 11) is 3.87. The van der Waals surface area contributed by atoms with Gasteiger partial charge in [-0.25, -0.2) is 4.98 Å². The molecule has 2 aromatic heterocycles. The first-order valence-electron chi connectivity index (χ1n) is 9.87. The normalized spacial score (nSPS) is 19.3. The van der Waals surface area contributed by atoms with Crippen molar-refractivity contribution in [2.24, 2.45) is 5.92 Å². The summed E-state index contributed by atoms with van der Waals surface area (Å²) in [5.74, 6) is 2.72. The molecule has 0 saturated carbocycles. The number of imidazole rings is 1. The summed E-state index contributed by atoms with van der Waals surface area (Å²) in [4.78, 5) is 24.5. The molecule has 1 aliphatic rings. The molecule has 154 valence electrons. The highest BCUT2D eigenvalue weighted by atomic mass is 16.5. The van der Waals surface area contributed by atoms with Gasteiger partial charge in [0.05, 0.1) is 36.1 Å². The van der Waals surface area contributed by atoms with Crippen LogP contribution >= 0.6 is 0 Å². The van der Waals surface area contributed by atoms with E-state index in [0.29, 0.717) is 12.5 Å². The van der Waals surface area contributed by atoms with Gasteiger partial charge in [-0.05, 0) is 63.5 Å². The Balaban J connectivity index is 0.000000204. The number of carbonyl (C=O) groups is 1. The lowest BCUT2D eigenvalue weighted by Crippen LogP contribution is -2.33. The zero-order chi connectivity index (χ0) is 20.8. The number of benzene rings is 1. The van der Waals surface area contributed by atoms with Crippen LogP contribution in [-0.4, -0.2) is 47.0 Å². The molecule has 1 fully saturated rings. The molecule has 2 N–H and O–H groups in total. The average Bonchev–Trinajstić information content (AvgIpc) is 3.15. The summed E-state index contributed by atoms with van der Waals surface area (Å²) in [5.41, 5.74) is 3.74. The van der Waals surface area contributed by atoms with E-state index in [1.165, 1.54) is 12.8 Å². The molecule has 29 heavy (non-hydrogen) atoms. The van der Waals surface area contributed by atoms with Gasteiger partial charge in [0.15, 0.2) is 0 Å². The molecular weight excluding hydrogens is 366 g/mol. The Labute approximate surface area is 171 Å². The van der Waals surface area contributed by atoms with Gasteiger partial charge in [-0.2, -0.15) is 0 Å². The van der Waals surface area contributed by atoms with Crippen molar-refractivity contribution in [2.75, 3.05) is 26.0 Å². The molecule has 1 aromatic carbocycles. The number of carbonyl (C=O) groups excluding carboxylic acids is 1. The number of nitrogens with one attached hydrogen (secondary N) is 2. The fourth-order valence-corrected chi connectivity index (χ4v) is 3.49. The number of aromatic nitrogens is 3. The summed E-state index contributed by atoms with van der Waals surface area (Å²) in [5, 5.41) is 2.49. The summed E-state index contributed by atoms with van der Waals surface area (Å²) in [6.45, 7) is 5.36. The lowest BCUT2D eigenvalue weighted by molar-refractivity contribution is -0.105. The highest BCUT2D eigenvalue weighted by Gasteiger charge is 2.27. The van der Waals surface area contributed by atoms with Gasteiger partial charge in [0.2, 0.25) is 6.41 Å². The Morgan fingerprint density at radius 2 is 2.14 bits per heavy atom. The number of aromatic amines is 1. The monoisotopic (exact) mass is 395 g/mol. The maximum Gasteiger partial charge on any atom is 0.211 e. The molecule has 0 radical (unpaired) electrons. The van der Waals surface area contributed by atoms with Gasteiger partial charge >= 0.3 is 0 Å². The minimum atomic E-state index is 0.405. The molecule has 4 rings (SSSR count). The van der Waals surface area contributed by atoms with Crippen molar-refractivity contribution in [3.05, 3.63) is 48.0 Å². The third-order valence-electron chi connectivity index (χ3n) is 5.29. The molecule has 1 aliphatic heterocycles. The Hall–Kier alpha value is -2.93. The summed E-state index contributed by atoms with van der Waals surface area (Å²) in [6.07, 6.45) is 4.70.